The zero-order valence-electron chi connectivity index (χ0n) is 5.31. The van der Waals surface area contributed by atoms with E-state index in [4.69, 9.17) is 10.8 Å². The number of aliphatic hydroxyl groups excluding tert-OH is 1. The molecule has 6 heteroatoms. The van der Waals surface area contributed by atoms with Crippen LogP contribution in [0.3, 0.4) is 0 Å². The maximum Gasteiger partial charge on any atom is 0.232 e. The number of carbonyl (C=O) groups excluding carboxylic acids is 3. The van der Waals surface area contributed by atoms with Crippen molar-refractivity contribution in [1.29, 1.82) is 0 Å². The third kappa shape index (κ3) is 1.26. The predicted octanol–water partition coefficient (Wildman–Crippen LogP) is -1.75. The number of nitrogens with two attached hydrogens (primary N) is 1. The average Bonchev–Trinajstić information content (AvgIpc) is 2.07. The van der Waals surface area contributed by atoms with Crippen LogP contribution >= 0.6 is 11.8 Å². The molecule has 1 aliphatic rings. The Kier molecular flexibility index (Phi) is 1.97. The highest BCUT2D eigenvalue weighted by Gasteiger charge is 2.45. The van der Waals surface area contributed by atoms with E-state index in [0.717, 1.165) is 0 Å². The van der Waals surface area contributed by atoms with Gasteiger partial charge >= 0.3 is 0 Å². The highest BCUT2D eigenvalue weighted by atomic mass is 32.2. The van der Waals surface area contributed by atoms with Crippen molar-refractivity contribution in [3.05, 3.63) is 0 Å². The fourth-order valence-corrected chi connectivity index (χ4v) is 1.59. The summed E-state index contributed by atoms with van der Waals surface area (Å²) in [4.78, 5) is 31.7. The summed E-state index contributed by atoms with van der Waals surface area (Å²) in [5.74, 6) is -2.31. The number of aliphatic hydroxyl groups is 1. The van der Waals surface area contributed by atoms with Crippen LogP contribution in [0, 0.1) is 5.92 Å². The molecule has 0 saturated carbocycles. The third-order valence-electron chi connectivity index (χ3n) is 1.32. The highest BCUT2D eigenvalue weighted by Crippen LogP contribution is 2.27. The Labute approximate surface area is 65.9 Å². The largest absolute Gasteiger partial charge is 0.383 e. The van der Waals surface area contributed by atoms with E-state index in [-0.39, 0.29) is 0 Å². The molecule has 0 aromatic rings. The van der Waals surface area contributed by atoms with E-state index >= 15 is 0 Å². The molecular weight excluding hydrogens is 170 g/mol. The quantitative estimate of drug-likeness (QED) is 0.460. The summed E-state index contributed by atoms with van der Waals surface area (Å²) in [6.07, 6.45) is -1.55. The van der Waals surface area contributed by atoms with Crippen LogP contribution in [0.1, 0.15) is 0 Å². The summed E-state index contributed by atoms with van der Waals surface area (Å²) in [6.45, 7) is 0. The Morgan fingerprint density at radius 2 is 2.00 bits per heavy atom. The van der Waals surface area contributed by atoms with Crippen LogP contribution in [0.5, 0.6) is 0 Å². The molecule has 1 rings (SSSR count). The van der Waals surface area contributed by atoms with Crippen LogP contribution in [0.2, 0.25) is 0 Å². The van der Waals surface area contributed by atoms with Crippen molar-refractivity contribution in [2.75, 3.05) is 0 Å². The monoisotopic (exact) mass is 175 g/mol. The zero-order chi connectivity index (χ0) is 8.59. The Balaban J connectivity index is 2.88. The molecule has 3 N–H and O–H groups in total. The SMILES string of the molecule is NC(=O)C1C(=O)SC(=O)C1O. The summed E-state index contributed by atoms with van der Waals surface area (Å²) in [6, 6.07) is 0. The molecule has 2 unspecified atom stereocenters. The summed E-state index contributed by atoms with van der Waals surface area (Å²) in [7, 11) is 0. The maximum absolute atomic E-state index is 10.7. The normalized spacial score (nSPS) is 31.0. The Hall–Kier alpha value is -0.880. The second kappa shape index (κ2) is 2.63. The summed E-state index contributed by atoms with van der Waals surface area (Å²) < 4.78 is 0. The van der Waals surface area contributed by atoms with Crippen molar-refractivity contribution < 1.29 is 19.5 Å². The lowest BCUT2D eigenvalue weighted by Crippen LogP contribution is -2.35. The minimum atomic E-state index is -1.55. The maximum atomic E-state index is 10.7. The van der Waals surface area contributed by atoms with E-state index in [0.29, 0.717) is 11.8 Å². The molecule has 11 heavy (non-hydrogen) atoms. The zero-order valence-corrected chi connectivity index (χ0v) is 6.13. The lowest BCUT2D eigenvalue weighted by molar-refractivity contribution is -0.135. The van der Waals surface area contributed by atoms with Crippen molar-refractivity contribution in [1.82, 2.24) is 0 Å². The molecule has 60 valence electrons. The molecule has 2 atom stereocenters. The van der Waals surface area contributed by atoms with Gasteiger partial charge in [0.25, 0.3) is 0 Å². The summed E-state index contributed by atoms with van der Waals surface area (Å²) >= 11 is 0.336. The Bertz CT molecular complexity index is 239. The number of primary amides is 1. The van der Waals surface area contributed by atoms with Crippen LogP contribution in [-0.4, -0.2) is 27.3 Å². The van der Waals surface area contributed by atoms with Crippen LogP contribution in [0.4, 0.5) is 0 Å². The first-order chi connectivity index (χ1) is 5.04. The molecule has 0 radical (unpaired) electrons. The lowest BCUT2D eigenvalue weighted by Gasteiger charge is -2.03. The molecular formula is C5H5NO4S. The molecule has 0 aliphatic carbocycles. The molecule has 1 fully saturated rings. The van der Waals surface area contributed by atoms with E-state index in [1.807, 2.05) is 0 Å². The number of thioether (sulfide) groups is 1. The minimum Gasteiger partial charge on any atom is -0.383 e. The first-order valence-electron chi connectivity index (χ1n) is 2.77. The van der Waals surface area contributed by atoms with E-state index in [2.05, 4.69) is 0 Å². The van der Waals surface area contributed by atoms with Gasteiger partial charge in [-0.25, -0.2) is 0 Å². The van der Waals surface area contributed by atoms with Gasteiger partial charge < -0.3 is 10.8 Å². The van der Waals surface area contributed by atoms with Gasteiger partial charge in [-0.2, -0.15) is 0 Å². The molecule has 0 bridgehead atoms. The minimum absolute atomic E-state index is 0.336. The Morgan fingerprint density at radius 3 is 2.18 bits per heavy atom. The molecule has 1 aliphatic heterocycles. The summed E-state index contributed by atoms with van der Waals surface area (Å²) in [5, 5.41) is 7.53. The van der Waals surface area contributed by atoms with E-state index < -0.39 is 28.2 Å². The van der Waals surface area contributed by atoms with Gasteiger partial charge in [0.05, 0.1) is 0 Å². The number of hydrogen-bond acceptors (Lipinski definition) is 5. The second-order valence-corrected chi connectivity index (χ2v) is 3.07. The molecule has 1 saturated heterocycles. The van der Waals surface area contributed by atoms with E-state index in [1.54, 1.807) is 0 Å². The number of hydrogen-bond donors (Lipinski definition) is 2. The van der Waals surface area contributed by atoms with Gasteiger partial charge in [0.1, 0.15) is 12.0 Å². The van der Waals surface area contributed by atoms with E-state index in [9.17, 15) is 14.4 Å². The van der Waals surface area contributed by atoms with Gasteiger partial charge in [0.2, 0.25) is 16.1 Å². The first kappa shape index (κ1) is 8.22. The fourth-order valence-electron chi connectivity index (χ4n) is 0.760. The predicted molar refractivity (Wildman–Crippen MR) is 36.3 cm³/mol. The van der Waals surface area contributed by atoms with Crippen molar-refractivity contribution in [3.8, 4) is 0 Å². The van der Waals surface area contributed by atoms with Crippen molar-refractivity contribution in [2.24, 2.45) is 11.7 Å². The number of rotatable bonds is 1. The first-order valence-corrected chi connectivity index (χ1v) is 3.58. The number of amides is 1. The molecule has 1 heterocycles. The smallest absolute Gasteiger partial charge is 0.232 e. The second-order valence-electron chi connectivity index (χ2n) is 2.07. The highest BCUT2D eigenvalue weighted by molar-refractivity contribution is 8.26. The lowest BCUT2D eigenvalue weighted by atomic mass is 10.1. The van der Waals surface area contributed by atoms with Gasteiger partial charge in [-0.05, 0) is 11.8 Å². The standard InChI is InChI=1S/C5H5NO4S/c6-3(8)1-2(7)5(10)11-4(1)9/h1-2,7H,(H2,6,8). The van der Waals surface area contributed by atoms with Gasteiger partial charge in [-0.1, -0.05) is 0 Å². The van der Waals surface area contributed by atoms with Crippen LogP contribution < -0.4 is 5.73 Å². The van der Waals surface area contributed by atoms with Crippen LogP contribution in [-0.2, 0) is 14.4 Å². The molecule has 0 spiro atoms. The van der Waals surface area contributed by atoms with Gasteiger partial charge in [0, 0.05) is 0 Å². The van der Waals surface area contributed by atoms with Crippen molar-refractivity contribution >= 4 is 27.9 Å². The van der Waals surface area contributed by atoms with Crippen molar-refractivity contribution in [2.45, 2.75) is 6.10 Å². The van der Waals surface area contributed by atoms with Crippen LogP contribution in [0.25, 0.3) is 0 Å². The van der Waals surface area contributed by atoms with Gasteiger partial charge in [-0.3, -0.25) is 14.4 Å². The Morgan fingerprint density at radius 1 is 1.45 bits per heavy atom. The molecule has 0 aromatic carbocycles. The van der Waals surface area contributed by atoms with Crippen LogP contribution in [0.15, 0.2) is 0 Å². The molecule has 5 nitrogen and oxygen atoms in total. The van der Waals surface area contributed by atoms with Gasteiger partial charge in [-0.15, -0.1) is 0 Å². The molecule has 1 amide bonds. The average molecular weight is 175 g/mol. The topological polar surface area (TPSA) is 97.5 Å². The van der Waals surface area contributed by atoms with Crippen molar-refractivity contribution in [3.63, 3.8) is 0 Å². The van der Waals surface area contributed by atoms with Gasteiger partial charge in [0.15, 0.2) is 0 Å². The molecule has 0 aromatic heterocycles. The summed E-state index contributed by atoms with van der Waals surface area (Å²) in [5.41, 5.74) is 4.76. The third-order valence-corrected chi connectivity index (χ3v) is 2.22. The van der Waals surface area contributed by atoms with E-state index in [1.165, 1.54) is 0 Å². The number of carbonyl (C=O) groups is 3. The fraction of sp³-hybridized carbons (Fsp3) is 0.400.